The van der Waals surface area contributed by atoms with E-state index in [1.807, 2.05) is 0 Å². The topological polar surface area (TPSA) is 113 Å². The molecule has 1 aromatic rings. The highest BCUT2D eigenvalue weighted by Gasteiger charge is 2.22. The molecule has 0 saturated heterocycles. The van der Waals surface area contributed by atoms with E-state index < -0.39 is 27.9 Å². The lowest BCUT2D eigenvalue weighted by atomic mass is 10.2. The Morgan fingerprint density at radius 1 is 1.32 bits per heavy atom. The Kier molecular flexibility index (Phi) is 7.49. The van der Waals surface area contributed by atoms with E-state index in [1.54, 1.807) is 11.4 Å². The molecule has 0 aliphatic carbocycles. The number of sulfonamides is 1. The van der Waals surface area contributed by atoms with E-state index in [0.29, 0.717) is 25.8 Å². The fourth-order valence-corrected chi connectivity index (χ4v) is 3.92. The summed E-state index contributed by atoms with van der Waals surface area (Å²) in [6.07, 6.45) is 2.03. The molecule has 124 valence electrons. The standard InChI is InChI=1S/C13H20N2O5S2/c1-10(15-22(19,20)12-7-5-9-21-12)13(18)14-8-4-2-3-6-11(16)17/h5,7,9-10,15H,2-4,6,8H2,1H3,(H,14,18)(H,16,17). The molecule has 1 rings (SSSR count). The zero-order valence-electron chi connectivity index (χ0n) is 12.2. The lowest BCUT2D eigenvalue weighted by Gasteiger charge is -2.13. The average molecular weight is 348 g/mol. The molecule has 3 N–H and O–H groups in total. The van der Waals surface area contributed by atoms with Crippen molar-refractivity contribution >= 4 is 33.2 Å². The third-order valence-electron chi connectivity index (χ3n) is 2.85. The summed E-state index contributed by atoms with van der Waals surface area (Å²) >= 11 is 1.08. The normalized spacial score (nSPS) is 12.8. The van der Waals surface area contributed by atoms with Crippen LogP contribution in [0.1, 0.15) is 32.6 Å². The minimum absolute atomic E-state index is 0.116. The highest BCUT2D eigenvalue weighted by atomic mass is 32.2. The van der Waals surface area contributed by atoms with E-state index >= 15 is 0 Å². The number of carboxylic acid groups (broad SMARTS) is 1. The smallest absolute Gasteiger partial charge is 0.303 e. The average Bonchev–Trinajstić information content (AvgIpc) is 2.96. The Hall–Kier alpha value is -1.45. The molecule has 0 fully saturated rings. The lowest BCUT2D eigenvalue weighted by molar-refractivity contribution is -0.137. The number of hydrogen-bond acceptors (Lipinski definition) is 5. The molecular weight excluding hydrogens is 328 g/mol. The predicted molar refractivity (Wildman–Crippen MR) is 83.2 cm³/mol. The number of carboxylic acids is 1. The lowest BCUT2D eigenvalue weighted by Crippen LogP contribution is -2.44. The quantitative estimate of drug-likeness (QED) is 0.550. The van der Waals surface area contributed by atoms with Gasteiger partial charge in [-0.2, -0.15) is 4.72 Å². The van der Waals surface area contributed by atoms with Gasteiger partial charge in [0, 0.05) is 13.0 Å². The summed E-state index contributed by atoms with van der Waals surface area (Å²) in [6.45, 7) is 1.87. The maximum atomic E-state index is 12.0. The Morgan fingerprint density at radius 3 is 2.64 bits per heavy atom. The Bertz CT molecular complexity index is 584. The van der Waals surface area contributed by atoms with Crippen molar-refractivity contribution in [3.63, 3.8) is 0 Å². The van der Waals surface area contributed by atoms with Gasteiger partial charge in [-0.05, 0) is 31.2 Å². The number of amides is 1. The second-order valence-corrected chi connectivity index (χ2v) is 7.66. The van der Waals surface area contributed by atoms with Crippen LogP contribution in [0.4, 0.5) is 0 Å². The van der Waals surface area contributed by atoms with Crippen molar-refractivity contribution in [3.05, 3.63) is 17.5 Å². The van der Waals surface area contributed by atoms with E-state index in [0.717, 1.165) is 11.3 Å². The summed E-state index contributed by atoms with van der Waals surface area (Å²) in [5, 5.41) is 12.8. The SMILES string of the molecule is CC(NS(=O)(=O)c1cccs1)C(=O)NCCCCCC(=O)O. The van der Waals surface area contributed by atoms with Crippen LogP contribution in [0.2, 0.25) is 0 Å². The van der Waals surface area contributed by atoms with Gasteiger partial charge in [-0.15, -0.1) is 11.3 Å². The number of aliphatic carboxylic acids is 1. The van der Waals surface area contributed by atoms with Crippen LogP contribution in [0.15, 0.2) is 21.7 Å². The van der Waals surface area contributed by atoms with E-state index in [2.05, 4.69) is 10.0 Å². The van der Waals surface area contributed by atoms with E-state index in [1.165, 1.54) is 13.0 Å². The summed E-state index contributed by atoms with van der Waals surface area (Å²) in [4.78, 5) is 22.1. The van der Waals surface area contributed by atoms with Crippen molar-refractivity contribution in [2.45, 2.75) is 42.9 Å². The molecule has 0 radical (unpaired) electrons. The van der Waals surface area contributed by atoms with E-state index in [-0.39, 0.29) is 10.6 Å². The molecule has 7 nitrogen and oxygen atoms in total. The van der Waals surface area contributed by atoms with Gasteiger partial charge in [0.2, 0.25) is 5.91 Å². The minimum atomic E-state index is -3.67. The highest BCUT2D eigenvalue weighted by molar-refractivity contribution is 7.91. The van der Waals surface area contributed by atoms with Gasteiger partial charge in [-0.3, -0.25) is 9.59 Å². The first-order valence-electron chi connectivity index (χ1n) is 6.88. The molecule has 0 spiro atoms. The molecule has 1 aromatic heterocycles. The van der Waals surface area contributed by atoms with Gasteiger partial charge in [-0.25, -0.2) is 8.42 Å². The summed E-state index contributed by atoms with van der Waals surface area (Å²) in [5.41, 5.74) is 0. The van der Waals surface area contributed by atoms with Crippen molar-refractivity contribution in [1.29, 1.82) is 0 Å². The number of carbonyl (C=O) groups excluding carboxylic acids is 1. The molecule has 1 amide bonds. The number of rotatable bonds is 10. The molecule has 9 heteroatoms. The minimum Gasteiger partial charge on any atom is -0.481 e. The predicted octanol–water partition coefficient (Wildman–Crippen LogP) is 1.18. The Morgan fingerprint density at radius 2 is 2.05 bits per heavy atom. The molecular formula is C13H20N2O5S2. The maximum Gasteiger partial charge on any atom is 0.303 e. The molecule has 0 aliphatic heterocycles. The fourth-order valence-electron chi connectivity index (χ4n) is 1.70. The molecule has 0 aliphatic rings. The molecule has 0 bridgehead atoms. The van der Waals surface area contributed by atoms with E-state index in [4.69, 9.17) is 5.11 Å². The Labute approximate surface area is 133 Å². The van der Waals surface area contributed by atoms with Crippen LogP contribution in [0.3, 0.4) is 0 Å². The molecule has 1 heterocycles. The number of hydrogen-bond donors (Lipinski definition) is 3. The van der Waals surface area contributed by atoms with Gasteiger partial charge in [0.25, 0.3) is 10.0 Å². The number of nitrogens with one attached hydrogen (secondary N) is 2. The van der Waals surface area contributed by atoms with Crippen molar-refractivity contribution < 1.29 is 23.1 Å². The highest BCUT2D eigenvalue weighted by Crippen LogP contribution is 2.15. The van der Waals surface area contributed by atoms with Crippen LogP contribution in [-0.4, -0.2) is 38.0 Å². The van der Waals surface area contributed by atoms with Gasteiger partial charge in [0.15, 0.2) is 0 Å². The van der Waals surface area contributed by atoms with Gasteiger partial charge in [0.1, 0.15) is 4.21 Å². The molecule has 0 saturated carbocycles. The van der Waals surface area contributed by atoms with Crippen LogP contribution >= 0.6 is 11.3 Å². The van der Waals surface area contributed by atoms with Gasteiger partial charge in [0.05, 0.1) is 6.04 Å². The number of unbranched alkanes of at least 4 members (excludes halogenated alkanes) is 2. The first-order valence-corrected chi connectivity index (χ1v) is 9.24. The van der Waals surface area contributed by atoms with E-state index in [9.17, 15) is 18.0 Å². The summed E-state index contributed by atoms with van der Waals surface area (Å²) in [6, 6.07) is 2.23. The van der Waals surface area contributed by atoms with Crippen molar-refractivity contribution in [2.24, 2.45) is 0 Å². The molecule has 22 heavy (non-hydrogen) atoms. The first kappa shape index (κ1) is 18.6. The fraction of sp³-hybridized carbons (Fsp3) is 0.538. The second kappa shape index (κ2) is 8.86. The second-order valence-electron chi connectivity index (χ2n) is 4.77. The molecule has 1 atom stereocenters. The van der Waals surface area contributed by atoms with Crippen LogP contribution in [0.25, 0.3) is 0 Å². The van der Waals surface area contributed by atoms with Crippen LogP contribution < -0.4 is 10.0 Å². The van der Waals surface area contributed by atoms with Crippen molar-refractivity contribution in [1.82, 2.24) is 10.0 Å². The maximum absolute atomic E-state index is 12.0. The van der Waals surface area contributed by atoms with Gasteiger partial charge >= 0.3 is 5.97 Å². The zero-order valence-corrected chi connectivity index (χ0v) is 13.9. The number of thiophene rings is 1. The van der Waals surface area contributed by atoms with Crippen LogP contribution in [-0.2, 0) is 19.6 Å². The third kappa shape index (κ3) is 6.54. The van der Waals surface area contributed by atoms with Crippen LogP contribution in [0.5, 0.6) is 0 Å². The Balaban J connectivity index is 2.29. The van der Waals surface area contributed by atoms with Crippen LogP contribution in [0, 0.1) is 0 Å². The van der Waals surface area contributed by atoms with Crippen molar-refractivity contribution in [3.8, 4) is 0 Å². The number of carbonyl (C=O) groups is 2. The first-order chi connectivity index (χ1) is 10.3. The summed E-state index contributed by atoms with van der Waals surface area (Å²) < 4.78 is 26.4. The van der Waals surface area contributed by atoms with Crippen molar-refractivity contribution in [2.75, 3.05) is 6.54 Å². The zero-order chi connectivity index (χ0) is 16.6. The summed E-state index contributed by atoms with van der Waals surface area (Å²) in [7, 11) is -3.67. The van der Waals surface area contributed by atoms with Gasteiger partial charge < -0.3 is 10.4 Å². The molecule has 0 aromatic carbocycles. The summed E-state index contributed by atoms with van der Waals surface area (Å²) in [5.74, 6) is -1.24. The third-order valence-corrected chi connectivity index (χ3v) is 5.79. The molecule has 1 unspecified atom stereocenters. The van der Waals surface area contributed by atoms with Gasteiger partial charge in [-0.1, -0.05) is 12.5 Å². The monoisotopic (exact) mass is 348 g/mol. The largest absolute Gasteiger partial charge is 0.481 e.